The van der Waals surface area contributed by atoms with Crippen LogP contribution in [0.3, 0.4) is 0 Å². The number of carbonyl (C=O) groups is 1. The number of ether oxygens (including phenoxy) is 1. The Labute approximate surface area is 192 Å². The van der Waals surface area contributed by atoms with Crippen LogP contribution in [-0.4, -0.2) is 11.6 Å². The first kappa shape index (κ1) is 23.6. The van der Waals surface area contributed by atoms with Crippen molar-refractivity contribution < 1.29 is 9.53 Å². The van der Waals surface area contributed by atoms with Gasteiger partial charge in [0.05, 0.1) is 0 Å². The smallest absolute Gasteiger partial charge is 0.306 e. The zero-order chi connectivity index (χ0) is 22.6. The van der Waals surface area contributed by atoms with Crippen molar-refractivity contribution in [3.63, 3.8) is 0 Å². The number of rotatable bonds is 4. The minimum atomic E-state index is -0.366. The van der Waals surface area contributed by atoms with Crippen LogP contribution in [0.1, 0.15) is 119 Å². The number of hydrogen-bond acceptors (Lipinski definition) is 2. The molecule has 0 aromatic heterocycles. The van der Waals surface area contributed by atoms with E-state index in [1.54, 1.807) is 0 Å². The van der Waals surface area contributed by atoms with Crippen LogP contribution in [-0.2, 0) is 9.53 Å². The van der Waals surface area contributed by atoms with E-state index in [2.05, 4.69) is 27.7 Å². The lowest BCUT2D eigenvalue weighted by atomic mass is 9.44. The average Bonchev–Trinajstić information content (AvgIpc) is 3.02. The summed E-state index contributed by atoms with van der Waals surface area (Å²) in [6.07, 6.45) is 14.7. The second kappa shape index (κ2) is 8.35. The predicted molar refractivity (Wildman–Crippen MR) is 129 cm³/mol. The molecule has 0 bridgehead atoms. The standard InChI is InChI=1S/C29H50O2/c1-19-14-16-28(6)21(18-19)9-10-22-24-12-11-23(29(24,7)17-15-25(22)28)20(2)8-13-26(30)31-27(3,4)5/h19-25H,8-18H2,1-7H3/t19-,20-,21-,22+,23?,24+,25+,28+,29-/m1/s1. The summed E-state index contributed by atoms with van der Waals surface area (Å²) in [5, 5.41) is 0. The molecule has 0 saturated heterocycles. The lowest BCUT2D eigenvalue weighted by Gasteiger charge is -2.61. The van der Waals surface area contributed by atoms with E-state index in [4.69, 9.17) is 4.74 Å². The van der Waals surface area contributed by atoms with E-state index in [9.17, 15) is 4.79 Å². The summed E-state index contributed by atoms with van der Waals surface area (Å²) in [4.78, 5) is 12.3. The molecule has 0 aromatic carbocycles. The van der Waals surface area contributed by atoms with Gasteiger partial charge in [0.2, 0.25) is 0 Å². The van der Waals surface area contributed by atoms with E-state index in [0.29, 0.717) is 23.2 Å². The van der Waals surface area contributed by atoms with Crippen LogP contribution in [0.2, 0.25) is 0 Å². The topological polar surface area (TPSA) is 26.3 Å². The van der Waals surface area contributed by atoms with Crippen LogP contribution in [0.5, 0.6) is 0 Å². The molecule has 4 rings (SSSR count). The summed E-state index contributed by atoms with van der Waals surface area (Å²) >= 11 is 0. The van der Waals surface area contributed by atoms with E-state index in [-0.39, 0.29) is 11.6 Å². The molecule has 0 heterocycles. The fraction of sp³-hybridized carbons (Fsp3) is 0.966. The average molecular weight is 431 g/mol. The molecule has 0 amide bonds. The number of esters is 1. The zero-order valence-corrected chi connectivity index (χ0v) is 21.6. The van der Waals surface area contributed by atoms with Crippen molar-refractivity contribution in [2.45, 2.75) is 125 Å². The van der Waals surface area contributed by atoms with Crippen LogP contribution in [0.15, 0.2) is 0 Å². The van der Waals surface area contributed by atoms with Crippen LogP contribution in [0.25, 0.3) is 0 Å². The Kier molecular flexibility index (Phi) is 6.37. The molecule has 31 heavy (non-hydrogen) atoms. The van der Waals surface area contributed by atoms with E-state index < -0.39 is 0 Å². The van der Waals surface area contributed by atoms with Gasteiger partial charge in [0.1, 0.15) is 5.60 Å². The van der Waals surface area contributed by atoms with Crippen LogP contribution in [0.4, 0.5) is 0 Å². The van der Waals surface area contributed by atoms with E-state index >= 15 is 0 Å². The van der Waals surface area contributed by atoms with Gasteiger partial charge in [-0.05, 0) is 131 Å². The van der Waals surface area contributed by atoms with Crippen molar-refractivity contribution in [1.82, 2.24) is 0 Å². The summed E-state index contributed by atoms with van der Waals surface area (Å²) in [5.74, 6) is 6.22. The van der Waals surface area contributed by atoms with E-state index in [1.165, 1.54) is 57.8 Å². The Balaban J connectivity index is 1.42. The number of carbonyl (C=O) groups excluding carboxylic acids is 1. The predicted octanol–water partition coefficient (Wildman–Crippen LogP) is 8.04. The fourth-order valence-electron chi connectivity index (χ4n) is 9.39. The molecule has 4 aliphatic rings. The van der Waals surface area contributed by atoms with Gasteiger partial charge in [-0.2, -0.15) is 0 Å². The highest BCUT2D eigenvalue weighted by atomic mass is 16.6. The highest BCUT2D eigenvalue weighted by Gasteiger charge is 2.60. The molecule has 0 N–H and O–H groups in total. The van der Waals surface area contributed by atoms with Gasteiger partial charge < -0.3 is 4.74 Å². The van der Waals surface area contributed by atoms with E-state index in [0.717, 1.165) is 41.9 Å². The number of fused-ring (bicyclic) bond motifs is 5. The molecule has 1 unspecified atom stereocenters. The third-order valence-electron chi connectivity index (χ3n) is 10.9. The van der Waals surface area contributed by atoms with Gasteiger partial charge in [0, 0.05) is 6.42 Å². The quantitative estimate of drug-likeness (QED) is 0.422. The maximum atomic E-state index is 12.3. The number of hydrogen-bond donors (Lipinski definition) is 0. The summed E-state index contributed by atoms with van der Waals surface area (Å²) in [7, 11) is 0. The molecule has 4 aliphatic carbocycles. The Bertz CT molecular complexity index is 662. The Morgan fingerprint density at radius 1 is 0.968 bits per heavy atom. The van der Waals surface area contributed by atoms with Crippen molar-refractivity contribution >= 4 is 5.97 Å². The van der Waals surface area contributed by atoms with Gasteiger partial charge in [-0.25, -0.2) is 0 Å². The summed E-state index contributed by atoms with van der Waals surface area (Å²) in [5.41, 5.74) is 0.756. The van der Waals surface area contributed by atoms with Crippen LogP contribution in [0, 0.1) is 52.3 Å². The lowest BCUT2D eigenvalue weighted by Crippen LogP contribution is -2.53. The second-order valence-electron chi connectivity index (χ2n) is 13.9. The lowest BCUT2D eigenvalue weighted by molar-refractivity contribution is -0.155. The molecule has 9 atom stereocenters. The van der Waals surface area contributed by atoms with Gasteiger partial charge in [-0.3, -0.25) is 4.79 Å². The van der Waals surface area contributed by atoms with Crippen molar-refractivity contribution in [2.75, 3.05) is 0 Å². The van der Waals surface area contributed by atoms with Gasteiger partial charge >= 0.3 is 5.97 Å². The molecule has 4 saturated carbocycles. The largest absolute Gasteiger partial charge is 0.460 e. The molecule has 178 valence electrons. The minimum Gasteiger partial charge on any atom is -0.460 e. The van der Waals surface area contributed by atoms with Gasteiger partial charge in [-0.15, -0.1) is 0 Å². The maximum Gasteiger partial charge on any atom is 0.306 e. The summed E-state index contributed by atoms with van der Waals surface area (Å²) in [6, 6.07) is 0. The zero-order valence-electron chi connectivity index (χ0n) is 21.6. The third-order valence-corrected chi connectivity index (χ3v) is 10.9. The molecule has 2 nitrogen and oxygen atoms in total. The summed E-state index contributed by atoms with van der Waals surface area (Å²) in [6.45, 7) is 16.2. The normalized spacial score (nSPS) is 45.9. The van der Waals surface area contributed by atoms with Crippen molar-refractivity contribution in [3.05, 3.63) is 0 Å². The van der Waals surface area contributed by atoms with Crippen molar-refractivity contribution in [1.29, 1.82) is 0 Å². The monoisotopic (exact) mass is 430 g/mol. The van der Waals surface area contributed by atoms with Crippen molar-refractivity contribution in [3.8, 4) is 0 Å². The van der Waals surface area contributed by atoms with E-state index in [1.807, 2.05) is 20.8 Å². The van der Waals surface area contributed by atoms with Gasteiger partial charge in [0.25, 0.3) is 0 Å². The maximum absolute atomic E-state index is 12.3. The van der Waals surface area contributed by atoms with Gasteiger partial charge in [-0.1, -0.05) is 34.1 Å². The summed E-state index contributed by atoms with van der Waals surface area (Å²) < 4.78 is 5.58. The van der Waals surface area contributed by atoms with Crippen LogP contribution < -0.4 is 0 Å². The molecule has 4 fully saturated rings. The molecule has 0 spiro atoms. The van der Waals surface area contributed by atoms with Crippen molar-refractivity contribution in [2.24, 2.45) is 52.3 Å². The first-order valence-corrected chi connectivity index (χ1v) is 13.7. The molecular weight excluding hydrogens is 380 g/mol. The Hall–Kier alpha value is -0.530. The molecule has 2 heteroatoms. The minimum absolute atomic E-state index is 0.0134. The molecule has 0 aliphatic heterocycles. The Morgan fingerprint density at radius 2 is 1.65 bits per heavy atom. The van der Waals surface area contributed by atoms with Gasteiger partial charge in [0.15, 0.2) is 0 Å². The molecule has 0 aromatic rings. The first-order valence-electron chi connectivity index (χ1n) is 13.7. The third kappa shape index (κ3) is 4.35. The first-order chi connectivity index (χ1) is 14.4. The molecule has 0 radical (unpaired) electrons. The second-order valence-corrected chi connectivity index (χ2v) is 13.9. The fourth-order valence-corrected chi connectivity index (χ4v) is 9.39. The highest BCUT2D eigenvalue weighted by Crippen LogP contribution is 2.68. The highest BCUT2D eigenvalue weighted by molar-refractivity contribution is 5.69. The molecular formula is C29H50O2. The Morgan fingerprint density at radius 3 is 2.35 bits per heavy atom. The SMILES string of the molecule is C[C@@H]1CC[C@@]2(C)[C@H](CC[C@@H]3[C@@H]2CC[C@]2(C)C([C@H](C)CCC(=O)OC(C)(C)C)CC[C@@H]32)C1. The van der Waals surface area contributed by atoms with Crippen LogP contribution >= 0.6 is 0 Å².